The maximum Gasteiger partial charge on any atom is 0.413 e. The molecule has 1 aromatic heterocycles. The van der Waals surface area contributed by atoms with Gasteiger partial charge in [-0.3, -0.25) is 5.32 Å². The maximum absolute atomic E-state index is 11.5. The van der Waals surface area contributed by atoms with Gasteiger partial charge in [-0.05, 0) is 26.8 Å². The van der Waals surface area contributed by atoms with Gasteiger partial charge in [0, 0.05) is 11.8 Å². The zero-order chi connectivity index (χ0) is 13.1. The minimum Gasteiger partial charge on any atom is -0.444 e. The van der Waals surface area contributed by atoms with Crippen molar-refractivity contribution in [1.82, 2.24) is 4.98 Å². The number of aliphatic hydroxyl groups is 1. The Bertz CT molecular complexity index is 416. The Hall–Kier alpha value is -1.33. The fourth-order valence-electron chi connectivity index (χ4n) is 1.13. The van der Waals surface area contributed by atoms with Gasteiger partial charge in [-0.1, -0.05) is 11.6 Å². The van der Waals surface area contributed by atoms with Crippen molar-refractivity contribution in [2.24, 2.45) is 0 Å². The predicted octanol–water partition coefficient (Wildman–Crippen LogP) is 2.57. The molecular formula is C11H15ClN2O3. The third-order valence-corrected chi connectivity index (χ3v) is 2.13. The first-order valence-electron chi connectivity index (χ1n) is 5.07. The fraction of sp³-hybridized carbons (Fsp3) is 0.455. The molecular weight excluding hydrogens is 244 g/mol. The predicted molar refractivity (Wildman–Crippen MR) is 65.0 cm³/mol. The van der Waals surface area contributed by atoms with Gasteiger partial charge in [0.2, 0.25) is 0 Å². The van der Waals surface area contributed by atoms with Crippen LogP contribution in [0.15, 0.2) is 12.3 Å². The van der Waals surface area contributed by atoms with E-state index in [1.54, 1.807) is 20.8 Å². The van der Waals surface area contributed by atoms with E-state index in [0.717, 1.165) is 0 Å². The highest BCUT2D eigenvalue weighted by atomic mass is 35.5. The number of amides is 1. The van der Waals surface area contributed by atoms with Gasteiger partial charge in [0.25, 0.3) is 0 Å². The average molecular weight is 259 g/mol. The molecule has 0 radical (unpaired) electrons. The number of halogens is 1. The Labute approximate surface area is 105 Å². The van der Waals surface area contributed by atoms with E-state index >= 15 is 0 Å². The largest absolute Gasteiger partial charge is 0.444 e. The Morgan fingerprint density at radius 3 is 2.76 bits per heavy atom. The molecule has 0 saturated heterocycles. The molecule has 0 fully saturated rings. The molecule has 1 rings (SSSR count). The number of rotatable bonds is 2. The molecule has 0 aromatic carbocycles. The monoisotopic (exact) mass is 258 g/mol. The van der Waals surface area contributed by atoms with Gasteiger partial charge < -0.3 is 9.84 Å². The van der Waals surface area contributed by atoms with Crippen molar-refractivity contribution in [3.8, 4) is 0 Å². The van der Waals surface area contributed by atoms with Crippen LogP contribution in [0.25, 0.3) is 0 Å². The van der Waals surface area contributed by atoms with E-state index in [1.165, 1.54) is 12.3 Å². The minimum absolute atomic E-state index is 0.203. The second kappa shape index (κ2) is 5.33. The summed E-state index contributed by atoms with van der Waals surface area (Å²) < 4.78 is 5.07. The normalized spacial score (nSPS) is 11.1. The van der Waals surface area contributed by atoms with E-state index in [1.807, 2.05) is 0 Å². The number of hydrogen-bond donors (Lipinski definition) is 2. The fourth-order valence-corrected chi connectivity index (χ4v) is 1.33. The molecule has 6 heteroatoms. The van der Waals surface area contributed by atoms with Gasteiger partial charge in [-0.2, -0.15) is 0 Å². The van der Waals surface area contributed by atoms with Crippen molar-refractivity contribution >= 4 is 23.5 Å². The van der Waals surface area contributed by atoms with Crippen LogP contribution in [0.2, 0.25) is 5.02 Å². The number of nitrogens with one attached hydrogen (secondary N) is 1. The van der Waals surface area contributed by atoms with Crippen molar-refractivity contribution < 1.29 is 14.6 Å². The molecule has 5 nitrogen and oxygen atoms in total. The van der Waals surface area contributed by atoms with Crippen LogP contribution in [0.3, 0.4) is 0 Å². The van der Waals surface area contributed by atoms with Crippen molar-refractivity contribution in [3.63, 3.8) is 0 Å². The van der Waals surface area contributed by atoms with Crippen LogP contribution in [-0.4, -0.2) is 21.8 Å². The molecule has 94 valence electrons. The number of anilines is 1. The van der Waals surface area contributed by atoms with E-state index in [2.05, 4.69) is 10.3 Å². The quantitative estimate of drug-likeness (QED) is 0.855. The molecule has 0 aliphatic rings. The minimum atomic E-state index is -0.637. The topological polar surface area (TPSA) is 71.5 Å². The van der Waals surface area contributed by atoms with Gasteiger partial charge in [0.15, 0.2) is 0 Å². The van der Waals surface area contributed by atoms with Crippen LogP contribution < -0.4 is 5.32 Å². The van der Waals surface area contributed by atoms with Gasteiger partial charge in [-0.25, -0.2) is 9.78 Å². The first-order valence-corrected chi connectivity index (χ1v) is 5.45. The summed E-state index contributed by atoms with van der Waals surface area (Å²) in [4.78, 5) is 15.4. The lowest BCUT2D eigenvalue weighted by Gasteiger charge is -2.20. The Balaban J connectivity index is 2.82. The first-order chi connectivity index (χ1) is 7.83. The highest BCUT2D eigenvalue weighted by Crippen LogP contribution is 2.22. The Morgan fingerprint density at radius 1 is 1.59 bits per heavy atom. The molecule has 0 unspecified atom stereocenters. The molecule has 0 saturated carbocycles. The maximum atomic E-state index is 11.5. The summed E-state index contributed by atoms with van der Waals surface area (Å²) in [5.41, 5.74) is -0.234. The van der Waals surface area contributed by atoms with Crippen LogP contribution in [0.1, 0.15) is 26.3 Å². The molecule has 1 amide bonds. The molecule has 1 heterocycles. The average Bonchev–Trinajstić information content (AvgIpc) is 2.14. The molecule has 0 spiro atoms. The molecule has 2 N–H and O–H groups in total. The van der Waals surface area contributed by atoms with Crippen LogP contribution in [0.4, 0.5) is 10.6 Å². The smallest absolute Gasteiger partial charge is 0.413 e. The number of aliphatic hydroxyl groups excluding tert-OH is 1. The van der Waals surface area contributed by atoms with E-state index in [4.69, 9.17) is 21.4 Å². The summed E-state index contributed by atoms with van der Waals surface area (Å²) in [6.07, 6.45) is 0.802. The van der Waals surface area contributed by atoms with Crippen LogP contribution >= 0.6 is 11.6 Å². The van der Waals surface area contributed by atoms with Gasteiger partial charge in [0.1, 0.15) is 11.4 Å². The summed E-state index contributed by atoms with van der Waals surface area (Å²) >= 11 is 5.85. The van der Waals surface area contributed by atoms with Crippen LogP contribution in [0.5, 0.6) is 0 Å². The highest BCUT2D eigenvalue weighted by molar-refractivity contribution is 6.31. The number of hydrogen-bond acceptors (Lipinski definition) is 4. The highest BCUT2D eigenvalue weighted by Gasteiger charge is 2.18. The molecule has 17 heavy (non-hydrogen) atoms. The number of nitrogens with zero attached hydrogens (tertiary/aromatic N) is 1. The number of aromatic nitrogens is 1. The number of carbonyl (C=O) groups is 1. The lowest BCUT2D eigenvalue weighted by Crippen LogP contribution is -2.27. The number of carbonyl (C=O) groups excluding carboxylic acids is 1. The second-order valence-electron chi connectivity index (χ2n) is 4.40. The summed E-state index contributed by atoms with van der Waals surface area (Å²) in [6, 6.07) is 1.54. The first kappa shape index (κ1) is 13.7. The Morgan fingerprint density at radius 2 is 2.24 bits per heavy atom. The van der Waals surface area contributed by atoms with E-state index < -0.39 is 11.7 Å². The van der Waals surface area contributed by atoms with Crippen molar-refractivity contribution in [1.29, 1.82) is 0 Å². The molecule has 0 aliphatic heterocycles. The third-order valence-electron chi connectivity index (χ3n) is 1.78. The standard InChI is InChI=1S/C11H15ClN2O3/c1-11(2,3)17-10(16)14-9-7(6-15)8(12)4-5-13-9/h4-5,15H,6H2,1-3H3,(H,13,14,16). The summed E-state index contributed by atoms with van der Waals surface area (Å²) in [6.45, 7) is 4.96. The Kier molecular flexibility index (Phi) is 4.31. The van der Waals surface area contributed by atoms with Gasteiger partial charge in [0.05, 0.1) is 11.6 Å². The van der Waals surface area contributed by atoms with Gasteiger partial charge in [-0.15, -0.1) is 0 Å². The summed E-state index contributed by atoms with van der Waals surface area (Å²) in [5, 5.41) is 11.9. The lowest BCUT2D eigenvalue weighted by atomic mass is 10.2. The van der Waals surface area contributed by atoms with E-state index in [0.29, 0.717) is 10.6 Å². The van der Waals surface area contributed by atoms with Crippen molar-refractivity contribution in [2.45, 2.75) is 33.0 Å². The summed E-state index contributed by atoms with van der Waals surface area (Å²) in [5.74, 6) is 0.203. The van der Waals surface area contributed by atoms with Crippen molar-refractivity contribution in [2.75, 3.05) is 5.32 Å². The number of ether oxygens (including phenoxy) is 1. The van der Waals surface area contributed by atoms with E-state index in [-0.39, 0.29) is 12.4 Å². The van der Waals surface area contributed by atoms with Crippen LogP contribution in [0, 0.1) is 0 Å². The molecule has 0 bridgehead atoms. The van der Waals surface area contributed by atoms with Gasteiger partial charge >= 0.3 is 6.09 Å². The van der Waals surface area contributed by atoms with Crippen molar-refractivity contribution in [3.05, 3.63) is 22.8 Å². The third kappa shape index (κ3) is 4.20. The van der Waals surface area contributed by atoms with Crippen LogP contribution in [-0.2, 0) is 11.3 Å². The molecule has 0 atom stereocenters. The number of pyridine rings is 1. The molecule has 0 aliphatic carbocycles. The second-order valence-corrected chi connectivity index (χ2v) is 4.81. The lowest BCUT2D eigenvalue weighted by molar-refractivity contribution is 0.0635. The zero-order valence-electron chi connectivity index (χ0n) is 9.95. The SMILES string of the molecule is CC(C)(C)OC(=O)Nc1nccc(Cl)c1CO. The van der Waals surface area contributed by atoms with E-state index in [9.17, 15) is 4.79 Å². The zero-order valence-corrected chi connectivity index (χ0v) is 10.7. The molecule has 1 aromatic rings. The summed E-state index contributed by atoms with van der Waals surface area (Å²) in [7, 11) is 0.